The number of hydrogen-bond acceptors (Lipinski definition) is 4. The van der Waals surface area contributed by atoms with E-state index in [2.05, 4.69) is 22.5 Å². The summed E-state index contributed by atoms with van der Waals surface area (Å²) in [7, 11) is 0. The lowest BCUT2D eigenvalue weighted by Crippen LogP contribution is -2.34. The van der Waals surface area contributed by atoms with Crippen LogP contribution in [0.25, 0.3) is 11.5 Å². The monoisotopic (exact) mass is 327 g/mol. The van der Waals surface area contributed by atoms with E-state index in [1.165, 1.54) is 12.8 Å². The Balaban J connectivity index is 1.60. The van der Waals surface area contributed by atoms with E-state index in [1.807, 2.05) is 31.2 Å². The van der Waals surface area contributed by atoms with Crippen molar-refractivity contribution in [1.29, 1.82) is 0 Å². The first-order valence-corrected chi connectivity index (χ1v) is 8.65. The minimum Gasteiger partial charge on any atom is -0.444 e. The summed E-state index contributed by atoms with van der Waals surface area (Å²) < 4.78 is 5.42. The van der Waals surface area contributed by atoms with Gasteiger partial charge in [-0.1, -0.05) is 13.0 Å². The molecule has 1 aliphatic rings. The molecule has 0 spiro atoms. The predicted octanol–water partition coefficient (Wildman–Crippen LogP) is 3.61. The Hall–Kier alpha value is -2.14. The second kappa shape index (κ2) is 7.62. The minimum atomic E-state index is 0.0637. The van der Waals surface area contributed by atoms with E-state index in [4.69, 9.17) is 4.42 Å². The van der Waals surface area contributed by atoms with Gasteiger partial charge in [0.2, 0.25) is 11.8 Å². The molecular weight excluding hydrogens is 302 g/mol. The molecule has 0 radical (unpaired) electrons. The molecule has 1 aromatic heterocycles. The van der Waals surface area contributed by atoms with Crippen LogP contribution in [0.5, 0.6) is 0 Å². The molecule has 128 valence electrons. The van der Waals surface area contributed by atoms with Gasteiger partial charge in [0.25, 0.3) is 0 Å². The van der Waals surface area contributed by atoms with Gasteiger partial charge in [0.05, 0.1) is 5.69 Å². The van der Waals surface area contributed by atoms with Gasteiger partial charge in [-0.2, -0.15) is 0 Å². The van der Waals surface area contributed by atoms with Gasteiger partial charge in [-0.3, -0.25) is 4.79 Å². The van der Waals surface area contributed by atoms with Gasteiger partial charge in [-0.15, -0.1) is 0 Å². The first kappa shape index (κ1) is 16.7. The summed E-state index contributed by atoms with van der Waals surface area (Å²) in [5.41, 5.74) is 2.49. The van der Waals surface area contributed by atoms with E-state index < -0.39 is 0 Å². The van der Waals surface area contributed by atoms with Gasteiger partial charge in [0.15, 0.2) is 0 Å². The number of aromatic nitrogens is 1. The molecule has 0 bridgehead atoms. The van der Waals surface area contributed by atoms with Crippen LogP contribution in [0, 0.1) is 18.8 Å². The largest absolute Gasteiger partial charge is 0.444 e. The number of nitrogens with one attached hydrogen (secondary N) is 2. The molecule has 2 heterocycles. The van der Waals surface area contributed by atoms with Crippen LogP contribution < -0.4 is 10.6 Å². The maximum absolute atomic E-state index is 12.3. The highest BCUT2D eigenvalue weighted by atomic mass is 16.3. The summed E-state index contributed by atoms with van der Waals surface area (Å²) in [5.74, 6) is 1.61. The fraction of sp³-hybridized carbons (Fsp3) is 0.474. The lowest BCUT2D eigenvalue weighted by Gasteiger charge is -2.28. The average molecular weight is 327 g/mol. The van der Waals surface area contributed by atoms with Crippen LogP contribution in [0.15, 0.2) is 34.9 Å². The van der Waals surface area contributed by atoms with Gasteiger partial charge in [0, 0.05) is 17.7 Å². The maximum Gasteiger partial charge on any atom is 0.226 e. The van der Waals surface area contributed by atoms with Crippen LogP contribution in [0.1, 0.15) is 31.9 Å². The first-order chi connectivity index (χ1) is 11.6. The maximum atomic E-state index is 12.3. The van der Waals surface area contributed by atoms with E-state index in [1.54, 1.807) is 6.26 Å². The van der Waals surface area contributed by atoms with Crippen molar-refractivity contribution >= 4 is 11.6 Å². The summed E-state index contributed by atoms with van der Waals surface area (Å²) in [5, 5.41) is 6.42. The predicted molar refractivity (Wildman–Crippen MR) is 94.7 cm³/mol. The third-order valence-corrected chi connectivity index (χ3v) is 4.66. The van der Waals surface area contributed by atoms with Crippen molar-refractivity contribution in [3.05, 3.63) is 36.2 Å². The van der Waals surface area contributed by atoms with Crippen LogP contribution in [0.3, 0.4) is 0 Å². The number of amides is 1. The van der Waals surface area contributed by atoms with Crippen molar-refractivity contribution in [2.45, 2.75) is 33.1 Å². The Morgan fingerprint density at radius 3 is 3.08 bits per heavy atom. The number of anilines is 1. The van der Waals surface area contributed by atoms with Crippen LogP contribution >= 0.6 is 0 Å². The van der Waals surface area contributed by atoms with E-state index in [9.17, 15) is 4.79 Å². The molecule has 1 aliphatic heterocycles. The normalized spacial score (nSPS) is 19.0. The molecule has 2 aromatic rings. The number of rotatable bonds is 5. The molecule has 24 heavy (non-hydrogen) atoms. The van der Waals surface area contributed by atoms with E-state index in [0.29, 0.717) is 24.1 Å². The summed E-state index contributed by atoms with van der Waals surface area (Å²) in [6.45, 7) is 6.18. The number of hydrogen-bond donors (Lipinski definition) is 2. The van der Waals surface area contributed by atoms with Gasteiger partial charge in [-0.05, 0) is 62.9 Å². The van der Waals surface area contributed by atoms with Crippen molar-refractivity contribution in [3.8, 4) is 11.5 Å². The fourth-order valence-corrected chi connectivity index (χ4v) is 3.25. The lowest BCUT2D eigenvalue weighted by atomic mass is 9.85. The number of piperidine rings is 1. The SMILES string of the molecule is Cc1coc(-c2cccc(NC(=O)CC(C)C3CCCNC3)c2)n1. The van der Waals surface area contributed by atoms with Crippen LogP contribution in [-0.4, -0.2) is 24.0 Å². The van der Waals surface area contributed by atoms with Crippen molar-refractivity contribution in [1.82, 2.24) is 10.3 Å². The zero-order valence-electron chi connectivity index (χ0n) is 14.3. The Morgan fingerprint density at radius 1 is 1.50 bits per heavy atom. The number of carbonyl (C=O) groups is 1. The highest BCUT2D eigenvalue weighted by Gasteiger charge is 2.22. The molecule has 3 rings (SSSR count). The molecule has 0 saturated carbocycles. The van der Waals surface area contributed by atoms with Crippen molar-refractivity contribution in [3.63, 3.8) is 0 Å². The third-order valence-electron chi connectivity index (χ3n) is 4.66. The number of oxazole rings is 1. The molecule has 5 nitrogen and oxygen atoms in total. The molecular formula is C19H25N3O2. The molecule has 2 unspecified atom stereocenters. The van der Waals surface area contributed by atoms with E-state index in [0.717, 1.165) is 30.0 Å². The van der Waals surface area contributed by atoms with Gasteiger partial charge < -0.3 is 15.1 Å². The summed E-state index contributed by atoms with van der Waals surface area (Å²) >= 11 is 0. The number of benzene rings is 1. The molecule has 0 aliphatic carbocycles. The highest BCUT2D eigenvalue weighted by molar-refractivity contribution is 5.91. The van der Waals surface area contributed by atoms with Gasteiger partial charge in [0.1, 0.15) is 6.26 Å². The number of carbonyl (C=O) groups excluding carboxylic acids is 1. The Bertz CT molecular complexity index is 689. The van der Waals surface area contributed by atoms with E-state index >= 15 is 0 Å². The van der Waals surface area contributed by atoms with Crippen molar-refractivity contribution in [2.75, 3.05) is 18.4 Å². The van der Waals surface area contributed by atoms with Gasteiger partial charge >= 0.3 is 0 Å². The molecule has 2 N–H and O–H groups in total. The third kappa shape index (κ3) is 4.23. The zero-order chi connectivity index (χ0) is 16.9. The van der Waals surface area contributed by atoms with Crippen molar-refractivity contribution in [2.24, 2.45) is 11.8 Å². The van der Waals surface area contributed by atoms with Crippen LogP contribution in [-0.2, 0) is 4.79 Å². The molecule has 1 amide bonds. The van der Waals surface area contributed by atoms with Gasteiger partial charge in [-0.25, -0.2) is 4.98 Å². The highest BCUT2D eigenvalue weighted by Crippen LogP contribution is 2.25. The molecule has 2 atom stereocenters. The Labute approximate surface area is 142 Å². The summed E-state index contributed by atoms with van der Waals surface area (Å²) in [6, 6.07) is 7.62. The minimum absolute atomic E-state index is 0.0637. The zero-order valence-corrected chi connectivity index (χ0v) is 14.3. The molecule has 1 aromatic carbocycles. The lowest BCUT2D eigenvalue weighted by molar-refractivity contribution is -0.117. The van der Waals surface area contributed by atoms with Crippen molar-refractivity contribution < 1.29 is 9.21 Å². The van der Waals surface area contributed by atoms with Crippen LogP contribution in [0.4, 0.5) is 5.69 Å². The second-order valence-corrected chi connectivity index (χ2v) is 6.71. The molecule has 5 heteroatoms. The second-order valence-electron chi connectivity index (χ2n) is 6.71. The van der Waals surface area contributed by atoms with E-state index in [-0.39, 0.29) is 5.91 Å². The number of nitrogens with zero attached hydrogens (tertiary/aromatic N) is 1. The fourth-order valence-electron chi connectivity index (χ4n) is 3.25. The Morgan fingerprint density at radius 2 is 2.38 bits per heavy atom. The average Bonchev–Trinajstić information content (AvgIpc) is 3.02. The Kier molecular flexibility index (Phi) is 5.30. The summed E-state index contributed by atoms with van der Waals surface area (Å²) in [4.78, 5) is 16.7. The molecule has 1 fully saturated rings. The first-order valence-electron chi connectivity index (χ1n) is 8.65. The standard InChI is InChI=1S/C19H25N3O2/c1-13(16-6-4-8-20-11-16)9-18(23)22-17-7-3-5-15(10-17)19-21-14(2)12-24-19/h3,5,7,10,12-13,16,20H,4,6,8-9,11H2,1-2H3,(H,22,23). The summed E-state index contributed by atoms with van der Waals surface area (Å²) in [6.07, 6.45) is 4.59. The smallest absolute Gasteiger partial charge is 0.226 e. The topological polar surface area (TPSA) is 67.2 Å². The molecule has 1 saturated heterocycles. The quantitative estimate of drug-likeness (QED) is 0.880. The number of aryl methyl sites for hydroxylation is 1. The van der Waals surface area contributed by atoms with Crippen LogP contribution in [0.2, 0.25) is 0 Å².